The first-order chi connectivity index (χ1) is 8.83. The normalized spacial score (nSPS) is 39.9. The molecule has 3 rings (SSSR count). The Morgan fingerprint density at radius 2 is 2.44 bits per heavy atom. The van der Waals surface area contributed by atoms with E-state index in [0.29, 0.717) is 26.1 Å². The molecule has 92 valence electrons. The Bertz CT molecular complexity index is 438. The van der Waals surface area contributed by atoms with Crippen LogP contribution < -0.4 is 5.32 Å². The van der Waals surface area contributed by atoms with Crippen molar-refractivity contribution in [1.29, 1.82) is 0 Å². The summed E-state index contributed by atoms with van der Waals surface area (Å²) in [7, 11) is 0. The van der Waals surface area contributed by atoms with Gasteiger partial charge in [0.25, 0.3) is 0 Å². The summed E-state index contributed by atoms with van der Waals surface area (Å²) in [5.41, 5.74) is 0. The van der Waals surface area contributed by atoms with Gasteiger partial charge in [-0.3, -0.25) is 0 Å². The Kier molecular flexibility index (Phi) is 3.42. The Labute approximate surface area is 121 Å². The standard InChI is InChI=1S/C10H12N5O2.Tl/c11-9-8-10(13-4-12-9)15(5-14-8)7-2-1-6(3-16)17-7;/h3-8,10H,1-2H2,(H-,11,12,13);/q-1;+1. The molecule has 0 saturated carbocycles. The molecule has 3 heterocycles. The Morgan fingerprint density at radius 3 is 3.17 bits per heavy atom. The second kappa shape index (κ2) is 5.04. The van der Waals surface area contributed by atoms with Gasteiger partial charge in [0, 0.05) is 0 Å². The van der Waals surface area contributed by atoms with Crippen molar-refractivity contribution in [3.63, 3.8) is 0 Å². The maximum absolute atomic E-state index is 10.7. The predicted octanol–water partition coefficient (Wildman–Crippen LogP) is -1.16. The van der Waals surface area contributed by atoms with Crippen LogP contribution in [0.2, 0.25) is 0 Å². The minimum absolute atomic E-state index is 0.0566. The predicted molar refractivity (Wildman–Crippen MR) is 66.7 cm³/mol. The number of hydrogen-bond donors (Lipinski definition) is 1. The van der Waals surface area contributed by atoms with Gasteiger partial charge in [-0.05, 0) is 0 Å². The molecule has 8 heteroatoms. The van der Waals surface area contributed by atoms with Gasteiger partial charge in [-0.1, -0.05) is 0 Å². The molecule has 0 aromatic heterocycles. The van der Waals surface area contributed by atoms with Crippen LogP contribution in [0.25, 0.3) is 0 Å². The van der Waals surface area contributed by atoms with Crippen molar-refractivity contribution in [3.8, 4) is 0 Å². The number of amidine groups is 1. The topological polar surface area (TPSA) is 78.7 Å². The summed E-state index contributed by atoms with van der Waals surface area (Å²) in [6, 6.07) is -0.0566. The first-order valence-corrected chi connectivity index (χ1v) is 7.81. The molecule has 3 aliphatic heterocycles. The molecule has 1 saturated heterocycles. The molecular weight excluding hydrogens is 427 g/mol. The number of carbonyl (C=O) groups is 1. The molecular formula is C10H12N5O2Tl. The Hall–Kier alpha value is -0.838. The summed E-state index contributed by atoms with van der Waals surface area (Å²) in [6.45, 7) is 0. The van der Waals surface area contributed by atoms with E-state index in [2.05, 4.69) is 18.1 Å². The van der Waals surface area contributed by atoms with Gasteiger partial charge in [0.05, 0.1) is 0 Å². The average molecular weight is 439 g/mol. The zero-order chi connectivity index (χ0) is 12.5. The van der Waals surface area contributed by atoms with E-state index in [1.165, 1.54) is 0 Å². The van der Waals surface area contributed by atoms with Gasteiger partial charge >= 0.3 is 121 Å². The van der Waals surface area contributed by atoms with Gasteiger partial charge in [-0.25, -0.2) is 0 Å². The quantitative estimate of drug-likeness (QED) is 0.436. The molecule has 0 radical (unpaired) electrons. The maximum atomic E-state index is 10.7. The molecule has 7 nitrogen and oxygen atoms in total. The summed E-state index contributed by atoms with van der Waals surface area (Å²) >= 11 is 0.538. The van der Waals surface area contributed by atoms with E-state index in [4.69, 9.17) is 4.74 Å². The molecule has 4 unspecified atom stereocenters. The second-order valence-electron chi connectivity index (χ2n) is 4.35. The van der Waals surface area contributed by atoms with E-state index in [1.807, 2.05) is 4.90 Å². The number of nitrogens with one attached hydrogen (secondary N) is 1. The first-order valence-electron chi connectivity index (χ1n) is 5.81. The fourth-order valence-corrected chi connectivity index (χ4v) is 3.30. The summed E-state index contributed by atoms with van der Waals surface area (Å²) in [4.78, 5) is 21.5. The van der Waals surface area contributed by atoms with Crippen molar-refractivity contribution < 1.29 is 9.53 Å². The van der Waals surface area contributed by atoms with Crippen molar-refractivity contribution in [3.05, 3.63) is 0 Å². The van der Waals surface area contributed by atoms with Crippen LogP contribution in [0.5, 0.6) is 0 Å². The van der Waals surface area contributed by atoms with Crippen molar-refractivity contribution in [2.45, 2.75) is 37.4 Å². The van der Waals surface area contributed by atoms with Crippen LogP contribution in [0.1, 0.15) is 12.8 Å². The van der Waals surface area contributed by atoms with Crippen molar-refractivity contribution >= 4 is 50.9 Å². The van der Waals surface area contributed by atoms with Gasteiger partial charge in [0.2, 0.25) is 0 Å². The number of aldehydes is 1. The molecule has 3 aliphatic rings. The Morgan fingerprint density at radius 1 is 1.56 bits per heavy atom. The molecule has 0 aliphatic carbocycles. The fraction of sp³-hybridized carbons (Fsp3) is 0.600. The van der Waals surface area contributed by atoms with Gasteiger partial charge in [-0.15, -0.1) is 0 Å². The summed E-state index contributed by atoms with van der Waals surface area (Å²) in [5.74, 6) is 0.878. The van der Waals surface area contributed by atoms with Gasteiger partial charge in [0.1, 0.15) is 0 Å². The van der Waals surface area contributed by atoms with Crippen molar-refractivity contribution in [2.24, 2.45) is 12.8 Å². The number of ether oxygens (including phenoxy) is 1. The Balaban J connectivity index is 1.76. The average Bonchev–Trinajstić information content (AvgIpc) is 3.03. The van der Waals surface area contributed by atoms with Crippen LogP contribution in [-0.4, -0.2) is 80.3 Å². The monoisotopic (exact) mass is 439 g/mol. The molecule has 1 N–H and O–H groups in total. The van der Waals surface area contributed by atoms with Crippen LogP contribution in [0.3, 0.4) is 0 Å². The van der Waals surface area contributed by atoms with E-state index in [9.17, 15) is 4.79 Å². The summed E-state index contributed by atoms with van der Waals surface area (Å²) in [5, 5.41) is 3.03. The zero-order valence-corrected chi connectivity index (χ0v) is 14.1. The molecule has 0 spiro atoms. The van der Waals surface area contributed by atoms with E-state index >= 15 is 0 Å². The van der Waals surface area contributed by atoms with Crippen molar-refractivity contribution in [2.75, 3.05) is 0 Å². The second-order valence-corrected chi connectivity index (χ2v) is 5.35. The number of aliphatic imine (C=N–C) groups is 2. The van der Waals surface area contributed by atoms with E-state index in [1.54, 1.807) is 12.7 Å². The van der Waals surface area contributed by atoms with Crippen LogP contribution >= 0.6 is 0 Å². The van der Waals surface area contributed by atoms with Crippen LogP contribution in [-0.2, 0) is 9.53 Å². The number of hydrogen-bond acceptors (Lipinski definition) is 6. The van der Waals surface area contributed by atoms with Crippen molar-refractivity contribution in [1.82, 2.24) is 10.2 Å². The molecule has 0 bridgehead atoms. The van der Waals surface area contributed by atoms with Gasteiger partial charge < -0.3 is 0 Å². The summed E-state index contributed by atoms with van der Waals surface area (Å²) in [6.07, 6.45) is 5.41. The molecule has 1 fully saturated rings. The number of fused-ring (bicyclic) bond motifs is 1. The molecule has 4 atom stereocenters. The van der Waals surface area contributed by atoms with Gasteiger partial charge in [0.15, 0.2) is 0 Å². The zero-order valence-electron chi connectivity index (χ0n) is 9.64. The molecule has 18 heavy (non-hydrogen) atoms. The fourth-order valence-electron chi connectivity index (χ4n) is 2.42. The molecule has 0 aromatic rings. The van der Waals surface area contributed by atoms with E-state index in [0.717, 1.165) is 25.0 Å². The van der Waals surface area contributed by atoms with E-state index < -0.39 is 0 Å². The third-order valence-electron chi connectivity index (χ3n) is 3.32. The number of carbonyl (C=O) groups excluding carboxylic acids is 1. The van der Waals surface area contributed by atoms with E-state index in [-0.39, 0.29) is 24.5 Å². The number of rotatable bonds is 2. The molecule has 0 amide bonds. The first kappa shape index (κ1) is 12.2. The van der Waals surface area contributed by atoms with Crippen LogP contribution in [0.15, 0.2) is 12.8 Å². The van der Waals surface area contributed by atoms with Gasteiger partial charge in [-0.2, -0.15) is 0 Å². The van der Waals surface area contributed by atoms with Crippen LogP contribution in [0, 0.1) is 0 Å². The minimum atomic E-state index is -0.290. The molecule has 0 aromatic carbocycles. The third kappa shape index (κ3) is 1.98. The SMILES string of the molecule is O=CC1CCC(N2C=NC3/C(=[N]/[Tl])NC=NC32)O1. The number of nitrogens with zero attached hydrogens (tertiary/aromatic N) is 4. The summed E-state index contributed by atoms with van der Waals surface area (Å²) < 4.78 is 9.98. The van der Waals surface area contributed by atoms with Crippen LogP contribution in [0.4, 0.5) is 0 Å². The third-order valence-corrected chi connectivity index (χ3v) is 4.40.